The number of piperidine rings is 1. The van der Waals surface area contributed by atoms with Gasteiger partial charge in [-0.05, 0) is 55.2 Å². The number of benzene rings is 2. The van der Waals surface area contributed by atoms with Crippen molar-refractivity contribution >= 4 is 39.1 Å². The van der Waals surface area contributed by atoms with Crippen LogP contribution in [0, 0.1) is 12.8 Å². The minimum atomic E-state index is -3.78. The van der Waals surface area contributed by atoms with Gasteiger partial charge in [-0.1, -0.05) is 35.3 Å². The molecule has 1 saturated heterocycles. The van der Waals surface area contributed by atoms with Gasteiger partial charge in [0.1, 0.15) is 10.6 Å². The molecule has 1 fully saturated rings. The number of nitrogens with one attached hydrogen (secondary N) is 1. The Hall–Kier alpha value is -1.80. The van der Waals surface area contributed by atoms with Crippen molar-refractivity contribution in [2.24, 2.45) is 5.92 Å². The molecule has 2 aromatic rings. The minimum Gasteiger partial charge on any atom is -0.495 e. The summed E-state index contributed by atoms with van der Waals surface area (Å²) >= 11 is 12.1. The number of sulfonamides is 1. The lowest BCUT2D eigenvalue weighted by atomic mass is 9.99. The van der Waals surface area contributed by atoms with Crippen LogP contribution < -0.4 is 10.1 Å². The zero-order valence-electron chi connectivity index (χ0n) is 16.8. The fourth-order valence-electron chi connectivity index (χ4n) is 3.49. The third-order valence-corrected chi connectivity index (χ3v) is 7.63. The van der Waals surface area contributed by atoms with Crippen LogP contribution in [0.5, 0.6) is 5.75 Å². The maximum Gasteiger partial charge on any atom is 0.246 e. The van der Waals surface area contributed by atoms with Crippen molar-refractivity contribution in [2.75, 3.05) is 20.2 Å². The molecule has 1 N–H and O–H groups in total. The van der Waals surface area contributed by atoms with Crippen LogP contribution in [-0.4, -0.2) is 38.8 Å². The highest BCUT2D eigenvalue weighted by atomic mass is 35.5. The van der Waals surface area contributed by atoms with Gasteiger partial charge < -0.3 is 10.1 Å². The van der Waals surface area contributed by atoms with Gasteiger partial charge in [0.2, 0.25) is 15.9 Å². The highest BCUT2D eigenvalue weighted by molar-refractivity contribution is 7.89. The first kappa shape index (κ1) is 22.9. The molecule has 1 aliphatic rings. The number of amides is 1. The summed E-state index contributed by atoms with van der Waals surface area (Å²) in [5.41, 5.74) is 1.57. The van der Waals surface area contributed by atoms with E-state index in [2.05, 4.69) is 5.32 Å². The van der Waals surface area contributed by atoms with E-state index in [1.54, 1.807) is 36.4 Å². The van der Waals surface area contributed by atoms with Gasteiger partial charge in [-0.25, -0.2) is 8.42 Å². The Balaban J connectivity index is 1.71. The molecule has 0 unspecified atom stereocenters. The first-order valence-corrected chi connectivity index (χ1v) is 11.8. The zero-order valence-corrected chi connectivity index (χ0v) is 19.1. The van der Waals surface area contributed by atoms with Gasteiger partial charge in [0.05, 0.1) is 13.0 Å². The molecule has 1 aliphatic heterocycles. The van der Waals surface area contributed by atoms with Gasteiger partial charge >= 0.3 is 0 Å². The fraction of sp³-hybridized carbons (Fsp3) is 0.381. The molecule has 1 heterocycles. The average molecular weight is 471 g/mol. The molecule has 0 saturated carbocycles. The van der Waals surface area contributed by atoms with Crippen molar-refractivity contribution < 1.29 is 17.9 Å². The number of hydrogen-bond donors (Lipinski definition) is 1. The molecular weight excluding hydrogens is 447 g/mol. The Morgan fingerprint density at radius 3 is 2.70 bits per heavy atom. The van der Waals surface area contributed by atoms with Crippen LogP contribution in [0.1, 0.15) is 24.0 Å². The summed E-state index contributed by atoms with van der Waals surface area (Å²) in [6, 6.07) is 10.1. The van der Waals surface area contributed by atoms with Crippen molar-refractivity contribution in [1.82, 2.24) is 9.62 Å². The van der Waals surface area contributed by atoms with E-state index in [0.29, 0.717) is 35.2 Å². The summed E-state index contributed by atoms with van der Waals surface area (Å²) in [5.74, 6) is -0.336. The fourth-order valence-corrected chi connectivity index (χ4v) is 5.73. The second kappa shape index (κ2) is 9.56. The Morgan fingerprint density at radius 2 is 2.00 bits per heavy atom. The van der Waals surface area contributed by atoms with Crippen molar-refractivity contribution in [3.8, 4) is 5.75 Å². The Kier molecular flexibility index (Phi) is 7.29. The summed E-state index contributed by atoms with van der Waals surface area (Å²) in [6.07, 6.45) is 1.23. The SMILES string of the molecule is COc1ccc(C)cc1S(=O)(=O)N1CCC[C@@H](C(=O)NCc2ccc(Cl)cc2Cl)C1. The van der Waals surface area contributed by atoms with Gasteiger partial charge in [0.25, 0.3) is 0 Å². The summed E-state index contributed by atoms with van der Waals surface area (Å²) in [4.78, 5) is 12.8. The molecule has 0 aliphatic carbocycles. The minimum absolute atomic E-state index is 0.124. The molecule has 0 spiro atoms. The third-order valence-electron chi connectivity index (χ3n) is 5.16. The summed E-state index contributed by atoms with van der Waals surface area (Å²) in [7, 11) is -2.34. The Labute approximate surface area is 187 Å². The van der Waals surface area contributed by atoms with Crippen molar-refractivity contribution in [1.29, 1.82) is 0 Å². The van der Waals surface area contributed by atoms with E-state index in [1.165, 1.54) is 11.4 Å². The lowest BCUT2D eigenvalue weighted by Gasteiger charge is -2.31. The number of aryl methyl sites for hydroxylation is 1. The number of nitrogens with zero attached hydrogens (tertiary/aromatic N) is 1. The number of carbonyl (C=O) groups excluding carboxylic acids is 1. The standard InChI is InChI=1S/C21H24Cl2N2O4S/c1-14-5-8-19(29-2)20(10-14)30(27,28)25-9-3-4-16(13-25)21(26)24-12-15-6-7-17(22)11-18(15)23/h5-8,10-11,16H,3-4,9,12-13H2,1-2H3,(H,24,26)/t16-/m1/s1. The summed E-state index contributed by atoms with van der Waals surface area (Å²) in [6.45, 7) is 2.57. The predicted octanol–water partition coefficient (Wildman–Crippen LogP) is 4.03. The van der Waals surface area contributed by atoms with Crippen molar-refractivity contribution in [3.63, 3.8) is 0 Å². The largest absolute Gasteiger partial charge is 0.495 e. The van der Waals surface area contributed by atoms with Crippen LogP contribution in [-0.2, 0) is 21.4 Å². The lowest BCUT2D eigenvalue weighted by molar-refractivity contribution is -0.126. The number of methoxy groups -OCH3 is 1. The molecule has 0 radical (unpaired) electrons. The number of hydrogen-bond acceptors (Lipinski definition) is 4. The van der Waals surface area contributed by atoms with E-state index < -0.39 is 15.9 Å². The third kappa shape index (κ3) is 5.09. The maximum atomic E-state index is 13.2. The molecule has 3 rings (SSSR count). The van der Waals surface area contributed by atoms with E-state index in [1.807, 2.05) is 6.92 Å². The molecule has 0 bridgehead atoms. The average Bonchev–Trinajstić information content (AvgIpc) is 2.73. The maximum absolute atomic E-state index is 13.2. The number of halogens is 2. The van der Waals surface area contributed by atoms with E-state index in [9.17, 15) is 13.2 Å². The first-order valence-electron chi connectivity index (χ1n) is 9.59. The van der Waals surface area contributed by atoms with E-state index in [4.69, 9.17) is 27.9 Å². The van der Waals surface area contributed by atoms with E-state index >= 15 is 0 Å². The van der Waals surface area contributed by atoms with Crippen molar-refractivity contribution in [3.05, 3.63) is 57.6 Å². The van der Waals surface area contributed by atoms with Gasteiger partial charge in [-0.3, -0.25) is 4.79 Å². The molecule has 6 nitrogen and oxygen atoms in total. The van der Waals surface area contributed by atoms with Gasteiger partial charge in [-0.2, -0.15) is 4.31 Å². The molecule has 30 heavy (non-hydrogen) atoms. The van der Waals surface area contributed by atoms with Gasteiger partial charge in [0.15, 0.2) is 0 Å². The van der Waals surface area contributed by atoms with E-state index in [0.717, 1.165) is 11.1 Å². The molecule has 0 aromatic heterocycles. The second-order valence-electron chi connectivity index (χ2n) is 7.31. The first-order chi connectivity index (χ1) is 14.2. The molecule has 162 valence electrons. The normalized spacial score (nSPS) is 17.5. The molecule has 9 heteroatoms. The Bertz CT molecular complexity index is 1040. The van der Waals surface area contributed by atoms with Crippen LogP contribution >= 0.6 is 23.2 Å². The lowest BCUT2D eigenvalue weighted by Crippen LogP contribution is -2.45. The molecule has 1 amide bonds. The number of ether oxygens (including phenoxy) is 1. The van der Waals surface area contributed by atoms with E-state index in [-0.39, 0.29) is 23.9 Å². The molecular formula is C21H24Cl2N2O4S. The van der Waals surface area contributed by atoms with Crippen LogP contribution in [0.4, 0.5) is 0 Å². The zero-order chi connectivity index (χ0) is 21.9. The van der Waals surface area contributed by atoms with Gasteiger partial charge in [0, 0.05) is 29.7 Å². The predicted molar refractivity (Wildman–Crippen MR) is 118 cm³/mol. The second-order valence-corrected chi connectivity index (χ2v) is 10.1. The number of carbonyl (C=O) groups is 1. The summed E-state index contributed by atoms with van der Waals surface area (Å²) < 4.78 is 33.1. The van der Waals surface area contributed by atoms with Crippen LogP contribution in [0.15, 0.2) is 41.3 Å². The monoisotopic (exact) mass is 470 g/mol. The Morgan fingerprint density at radius 1 is 1.23 bits per heavy atom. The summed E-state index contributed by atoms with van der Waals surface area (Å²) in [5, 5.41) is 3.86. The highest BCUT2D eigenvalue weighted by Gasteiger charge is 2.34. The topological polar surface area (TPSA) is 75.7 Å². The highest BCUT2D eigenvalue weighted by Crippen LogP contribution is 2.30. The molecule has 1 atom stereocenters. The van der Waals surface area contributed by atoms with Crippen LogP contribution in [0.25, 0.3) is 0 Å². The van der Waals surface area contributed by atoms with Crippen LogP contribution in [0.3, 0.4) is 0 Å². The van der Waals surface area contributed by atoms with Crippen LogP contribution in [0.2, 0.25) is 10.0 Å². The van der Waals surface area contributed by atoms with Gasteiger partial charge in [-0.15, -0.1) is 0 Å². The molecule has 2 aromatic carbocycles. The quantitative estimate of drug-likeness (QED) is 0.691. The number of rotatable bonds is 6. The van der Waals surface area contributed by atoms with Crippen molar-refractivity contribution in [2.45, 2.75) is 31.2 Å². The smallest absolute Gasteiger partial charge is 0.246 e.